The number of hydrogen-bond donors (Lipinski definition) is 2. The van der Waals surface area contributed by atoms with Crippen molar-refractivity contribution in [2.24, 2.45) is 5.73 Å². The van der Waals surface area contributed by atoms with Gasteiger partial charge in [-0.25, -0.2) is 0 Å². The third kappa shape index (κ3) is 38.7. The number of ether oxygens (including phenoxy) is 4. The number of nitrogens with two attached hydrogens (primary N) is 1. The molecule has 11 nitrogen and oxygen atoms in total. The van der Waals surface area contributed by atoms with E-state index in [1.807, 2.05) is 4.90 Å². The first-order valence-electron chi connectivity index (χ1n) is 24.9. The van der Waals surface area contributed by atoms with Crippen LogP contribution >= 0.6 is 0 Å². The van der Waals surface area contributed by atoms with E-state index < -0.39 is 24.2 Å². The number of aliphatic hydroxyl groups excluding tert-OH is 1. The normalized spacial score (nSPS) is 12.9. The van der Waals surface area contributed by atoms with Crippen molar-refractivity contribution >= 4 is 23.9 Å². The minimum Gasteiger partial charge on any atom is -0.468 e. The van der Waals surface area contributed by atoms with Gasteiger partial charge in [0.05, 0.1) is 7.11 Å². The molecule has 0 saturated heterocycles. The smallest absolute Gasteiger partial charge is 0.322 e. The minimum atomic E-state index is -0.970. The Bertz CT molecular complexity index is 1010. The Morgan fingerprint density at radius 3 is 1.30 bits per heavy atom. The van der Waals surface area contributed by atoms with Gasteiger partial charge in [-0.05, 0) is 38.6 Å². The number of unbranched alkanes of at least 4 members (excludes halogenated alkanes) is 25. The highest BCUT2D eigenvalue weighted by atomic mass is 16.6. The van der Waals surface area contributed by atoms with Gasteiger partial charge in [0.2, 0.25) is 0 Å². The molecule has 0 rings (SSSR count). The summed E-state index contributed by atoms with van der Waals surface area (Å²) in [6.45, 7) is 7.32. The van der Waals surface area contributed by atoms with Crippen molar-refractivity contribution < 1.29 is 43.2 Å². The molecule has 0 bridgehead atoms. The van der Waals surface area contributed by atoms with Gasteiger partial charge in [0.1, 0.15) is 31.5 Å². The molecule has 0 aliphatic heterocycles. The molecule has 0 saturated carbocycles. The highest BCUT2D eigenvalue weighted by Crippen LogP contribution is 2.15. The maximum atomic E-state index is 13.1. The van der Waals surface area contributed by atoms with Crippen molar-refractivity contribution in [3.63, 3.8) is 0 Å². The number of esters is 4. The van der Waals surface area contributed by atoms with Crippen LogP contribution in [0.5, 0.6) is 0 Å². The largest absolute Gasteiger partial charge is 0.468 e. The molecule has 0 radical (unpaired) electrons. The van der Waals surface area contributed by atoms with Crippen LogP contribution in [0.1, 0.15) is 233 Å². The summed E-state index contributed by atoms with van der Waals surface area (Å²) >= 11 is 0. The van der Waals surface area contributed by atoms with Crippen LogP contribution < -0.4 is 5.73 Å². The van der Waals surface area contributed by atoms with Crippen LogP contribution in [0.15, 0.2) is 0 Å². The predicted molar refractivity (Wildman–Crippen MR) is 244 cm³/mol. The lowest BCUT2D eigenvalue weighted by atomic mass is 10.1. The Kier molecular flexibility index (Phi) is 41.8. The van der Waals surface area contributed by atoms with Crippen LogP contribution in [0.3, 0.4) is 0 Å². The summed E-state index contributed by atoms with van der Waals surface area (Å²) in [7, 11) is 1.31. The lowest BCUT2D eigenvalue weighted by Gasteiger charge is -2.29. The first-order valence-corrected chi connectivity index (χ1v) is 24.9. The van der Waals surface area contributed by atoms with Crippen LogP contribution in [-0.4, -0.2) is 92.1 Å². The van der Waals surface area contributed by atoms with Crippen molar-refractivity contribution in [3.8, 4) is 0 Å². The lowest BCUT2D eigenvalue weighted by molar-refractivity contribution is -0.160. The third-order valence-corrected chi connectivity index (χ3v) is 11.3. The molecule has 0 aromatic rings. The molecule has 0 heterocycles. The van der Waals surface area contributed by atoms with Gasteiger partial charge in [-0.3, -0.25) is 24.1 Å². The molecule has 11 heteroatoms. The van der Waals surface area contributed by atoms with Crippen molar-refractivity contribution in [2.45, 2.75) is 251 Å². The molecule has 0 aromatic heterocycles. The minimum absolute atomic E-state index is 0.0761. The van der Waals surface area contributed by atoms with Gasteiger partial charge in [0, 0.05) is 32.4 Å². The van der Waals surface area contributed by atoms with Gasteiger partial charge >= 0.3 is 23.9 Å². The van der Waals surface area contributed by atoms with Gasteiger partial charge in [-0.15, -0.1) is 0 Å². The highest BCUT2D eigenvalue weighted by molar-refractivity contribution is 5.75. The van der Waals surface area contributed by atoms with E-state index in [9.17, 15) is 24.3 Å². The SMILES string of the molecule is CCCCCCCCCCCC(=O)OCC(O)CN(CCCCC(N)C(=O)OC)CC(COC(=O)CCCCCCCCCCC)OC(=O)CCCCCCCCCCC. The summed E-state index contributed by atoms with van der Waals surface area (Å²) in [5.41, 5.74) is 5.97. The molecule has 0 aliphatic carbocycles. The van der Waals surface area contributed by atoms with Crippen LogP contribution in [0.2, 0.25) is 0 Å². The second-order valence-corrected chi connectivity index (χ2v) is 17.3. The van der Waals surface area contributed by atoms with Gasteiger partial charge in [-0.2, -0.15) is 0 Å². The quantitative estimate of drug-likeness (QED) is 0.0342. The molecular formula is C49H94N2O9. The molecule has 354 valence electrons. The summed E-state index contributed by atoms with van der Waals surface area (Å²) in [5.74, 6) is -1.41. The number of methoxy groups -OCH3 is 1. The summed E-state index contributed by atoms with van der Waals surface area (Å²) in [5, 5.41) is 11.0. The Morgan fingerprint density at radius 1 is 0.500 bits per heavy atom. The number of carbonyl (C=O) groups is 4. The van der Waals surface area contributed by atoms with E-state index in [2.05, 4.69) is 20.8 Å². The fourth-order valence-corrected chi connectivity index (χ4v) is 7.49. The number of carbonyl (C=O) groups excluding carboxylic acids is 4. The third-order valence-electron chi connectivity index (χ3n) is 11.3. The molecule has 3 atom stereocenters. The van der Waals surface area contributed by atoms with E-state index in [1.54, 1.807) is 0 Å². The number of nitrogens with zero attached hydrogens (tertiary/aromatic N) is 1. The van der Waals surface area contributed by atoms with E-state index in [0.717, 1.165) is 57.8 Å². The highest BCUT2D eigenvalue weighted by Gasteiger charge is 2.23. The summed E-state index contributed by atoms with van der Waals surface area (Å²) in [6.07, 6.45) is 32.0. The second-order valence-electron chi connectivity index (χ2n) is 17.3. The van der Waals surface area contributed by atoms with E-state index >= 15 is 0 Å². The van der Waals surface area contributed by atoms with Crippen LogP contribution in [0, 0.1) is 0 Å². The molecular weight excluding hydrogens is 761 g/mol. The zero-order chi connectivity index (χ0) is 44.3. The summed E-state index contributed by atoms with van der Waals surface area (Å²) in [4.78, 5) is 52.3. The number of rotatable bonds is 45. The molecule has 0 aliphatic rings. The second kappa shape index (κ2) is 43.4. The van der Waals surface area contributed by atoms with E-state index in [0.29, 0.717) is 45.1 Å². The zero-order valence-corrected chi connectivity index (χ0v) is 39.3. The Balaban J connectivity index is 5.30. The molecule has 3 N–H and O–H groups in total. The van der Waals surface area contributed by atoms with E-state index in [1.165, 1.54) is 123 Å². The predicted octanol–water partition coefficient (Wildman–Crippen LogP) is 11.1. The molecule has 0 amide bonds. The maximum absolute atomic E-state index is 13.1. The summed E-state index contributed by atoms with van der Waals surface area (Å²) in [6, 6.07) is -0.723. The van der Waals surface area contributed by atoms with Crippen LogP contribution in [0.4, 0.5) is 0 Å². The first-order chi connectivity index (χ1) is 29.2. The van der Waals surface area contributed by atoms with Crippen LogP contribution in [0.25, 0.3) is 0 Å². The Morgan fingerprint density at radius 2 is 0.883 bits per heavy atom. The average molecular weight is 855 g/mol. The van der Waals surface area contributed by atoms with Gasteiger partial charge < -0.3 is 29.8 Å². The standard InChI is InChI=1S/C49H94N2O9/c1-5-8-11-14-17-20-23-26-29-35-46(53)58-41-43(52)39-51(38-33-32-34-45(50)49(56)57-4)40-44(60-48(55)37-31-28-25-22-19-16-13-10-7-3)42-59-47(54)36-30-27-24-21-18-15-12-9-6-2/h43-45,52H,5-42,50H2,1-4H3. The fourth-order valence-electron chi connectivity index (χ4n) is 7.49. The van der Waals surface area contributed by atoms with Gasteiger partial charge in [-0.1, -0.05) is 181 Å². The van der Waals surface area contributed by atoms with Crippen molar-refractivity contribution in [3.05, 3.63) is 0 Å². The molecule has 0 spiro atoms. The number of hydrogen-bond acceptors (Lipinski definition) is 11. The van der Waals surface area contributed by atoms with Crippen molar-refractivity contribution in [1.82, 2.24) is 4.90 Å². The fraction of sp³-hybridized carbons (Fsp3) is 0.918. The molecule has 60 heavy (non-hydrogen) atoms. The first kappa shape index (κ1) is 57.8. The Labute approximate surface area is 367 Å². The molecule has 3 unspecified atom stereocenters. The average Bonchev–Trinajstić information content (AvgIpc) is 3.24. The van der Waals surface area contributed by atoms with Crippen molar-refractivity contribution in [1.29, 1.82) is 0 Å². The molecule has 0 aromatic carbocycles. The Hall–Kier alpha value is -2.24. The molecule has 0 fully saturated rings. The van der Waals surface area contributed by atoms with Gasteiger partial charge in [0.15, 0.2) is 0 Å². The van der Waals surface area contributed by atoms with E-state index in [-0.39, 0.29) is 44.2 Å². The van der Waals surface area contributed by atoms with Crippen LogP contribution in [-0.2, 0) is 38.1 Å². The topological polar surface area (TPSA) is 155 Å². The summed E-state index contributed by atoms with van der Waals surface area (Å²) < 4.78 is 21.9. The lowest BCUT2D eigenvalue weighted by Crippen LogP contribution is -2.43. The maximum Gasteiger partial charge on any atom is 0.322 e. The zero-order valence-electron chi connectivity index (χ0n) is 39.3. The number of aliphatic hydroxyl groups is 1. The van der Waals surface area contributed by atoms with Crippen molar-refractivity contribution in [2.75, 3.05) is 40.0 Å². The van der Waals surface area contributed by atoms with Gasteiger partial charge in [0.25, 0.3) is 0 Å². The van der Waals surface area contributed by atoms with E-state index in [4.69, 9.17) is 24.7 Å². The monoisotopic (exact) mass is 855 g/mol.